The molecule has 4 rings (SSSR count). The zero-order valence-corrected chi connectivity index (χ0v) is 16.0. The summed E-state index contributed by atoms with van der Waals surface area (Å²) in [6.45, 7) is 5.86. The third kappa shape index (κ3) is 3.84. The quantitative estimate of drug-likeness (QED) is 0.433. The fourth-order valence-corrected chi connectivity index (χ4v) is 2.76. The maximum absolute atomic E-state index is 8.32. The Morgan fingerprint density at radius 3 is 1.75 bits per heavy atom. The number of aromatic nitrogens is 3. The molecule has 0 saturated carbocycles. The number of hydrogen-bond donors (Lipinski definition) is 0. The van der Waals surface area contributed by atoms with E-state index in [0.717, 1.165) is 16.7 Å². The Morgan fingerprint density at radius 1 is 0.607 bits per heavy atom. The summed E-state index contributed by atoms with van der Waals surface area (Å²) in [5.41, 5.74) is 2.42. The van der Waals surface area contributed by atoms with Gasteiger partial charge in [0.15, 0.2) is 11.6 Å². The molecule has 3 nitrogen and oxygen atoms in total. The highest BCUT2D eigenvalue weighted by atomic mass is 15.0. The molecule has 138 valence electrons. The maximum Gasteiger partial charge on any atom is 0.163 e. The zero-order chi connectivity index (χ0) is 23.9. The minimum Gasteiger partial charge on any atom is -0.212 e. The predicted molar refractivity (Wildman–Crippen MR) is 115 cm³/mol. The van der Waals surface area contributed by atoms with Crippen LogP contribution in [0, 0.1) is 0 Å². The lowest BCUT2D eigenvalue weighted by molar-refractivity contribution is 0.543. The van der Waals surface area contributed by atoms with Gasteiger partial charge in [0.2, 0.25) is 0 Å². The van der Waals surface area contributed by atoms with Crippen molar-refractivity contribution < 1.29 is 6.85 Å². The van der Waals surface area contributed by atoms with Gasteiger partial charge in [0.1, 0.15) is 5.82 Å². The molecular formula is C25H23N3. The number of benzene rings is 3. The van der Waals surface area contributed by atoms with Crippen molar-refractivity contribution in [3.05, 3.63) is 90.6 Å². The van der Waals surface area contributed by atoms with E-state index in [-0.39, 0.29) is 23.5 Å². The van der Waals surface area contributed by atoms with Crippen molar-refractivity contribution in [3.8, 4) is 33.9 Å². The first-order valence-corrected chi connectivity index (χ1v) is 9.07. The summed E-state index contributed by atoms with van der Waals surface area (Å²) in [6, 6.07) is 15.8. The molecule has 1 heterocycles. The summed E-state index contributed by atoms with van der Waals surface area (Å²) in [7, 11) is 0. The lowest BCUT2D eigenvalue weighted by Gasteiger charge is -2.18. The molecule has 3 aromatic carbocycles. The van der Waals surface area contributed by atoms with Gasteiger partial charge in [-0.1, -0.05) is 106 Å². The third-order valence-electron chi connectivity index (χ3n) is 4.28. The van der Waals surface area contributed by atoms with Crippen LogP contribution >= 0.6 is 0 Å². The summed E-state index contributed by atoms with van der Waals surface area (Å²) in [5.74, 6) is 0.923. The molecule has 0 saturated heterocycles. The molecule has 0 aliphatic carbocycles. The van der Waals surface area contributed by atoms with Crippen molar-refractivity contribution in [2.75, 3.05) is 0 Å². The molecule has 1 aromatic heterocycles. The zero-order valence-electron chi connectivity index (χ0n) is 21.0. The van der Waals surface area contributed by atoms with E-state index in [1.165, 1.54) is 0 Å². The average Bonchev–Trinajstić information content (AvgIpc) is 2.81. The molecule has 0 aliphatic rings. The summed E-state index contributed by atoms with van der Waals surface area (Å²) in [6.07, 6.45) is 0. The average molecular weight is 371 g/mol. The van der Waals surface area contributed by atoms with Crippen molar-refractivity contribution in [1.29, 1.82) is 0 Å². The van der Waals surface area contributed by atoms with Crippen LogP contribution in [0.1, 0.15) is 33.4 Å². The first-order valence-electron chi connectivity index (χ1n) is 11.6. The molecule has 3 heteroatoms. The van der Waals surface area contributed by atoms with Crippen LogP contribution in [0.4, 0.5) is 0 Å². The van der Waals surface area contributed by atoms with E-state index in [9.17, 15) is 0 Å². The smallest absolute Gasteiger partial charge is 0.163 e. The van der Waals surface area contributed by atoms with Gasteiger partial charge in [-0.25, -0.2) is 15.0 Å². The molecule has 4 aromatic rings. The minimum atomic E-state index is -0.449. The summed E-state index contributed by atoms with van der Waals surface area (Å²) in [5, 5.41) is 0. The molecule has 0 spiro atoms. The van der Waals surface area contributed by atoms with Gasteiger partial charge in [-0.3, -0.25) is 0 Å². The van der Waals surface area contributed by atoms with E-state index in [0.29, 0.717) is 11.6 Å². The molecule has 0 unspecified atom stereocenters. The Balaban J connectivity index is 1.90. The standard InChI is InChI=1S/C25H23N3/c1-25(2,3)24-27-22(20-12-8-5-9-13-20)26-23(28-24)21-16-14-19(15-17-21)18-10-6-4-7-11-18/h4-17H,1-3H3/i5D,8D,9D,12D,13D. The van der Waals surface area contributed by atoms with Gasteiger partial charge < -0.3 is 0 Å². The van der Waals surface area contributed by atoms with Gasteiger partial charge >= 0.3 is 0 Å². The summed E-state index contributed by atoms with van der Waals surface area (Å²) >= 11 is 0. The molecule has 0 radical (unpaired) electrons. The molecule has 0 aliphatic heterocycles. The molecule has 0 atom stereocenters. The second-order valence-electron chi connectivity index (χ2n) is 7.50. The number of nitrogens with zero attached hydrogens (tertiary/aromatic N) is 3. The Morgan fingerprint density at radius 2 is 1.14 bits per heavy atom. The monoisotopic (exact) mass is 370 g/mol. The number of rotatable bonds is 3. The molecular weight excluding hydrogens is 342 g/mol. The Labute approximate surface area is 173 Å². The van der Waals surface area contributed by atoms with E-state index in [4.69, 9.17) is 6.85 Å². The van der Waals surface area contributed by atoms with Gasteiger partial charge in [0.25, 0.3) is 0 Å². The second-order valence-corrected chi connectivity index (χ2v) is 7.50. The summed E-state index contributed by atoms with van der Waals surface area (Å²) < 4.78 is 40.5. The molecule has 0 amide bonds. The van der Waals surface area contributed by atoms with Crippen molar-refractivity contribution >= 4 is 0 Å². The van der Waals surface area contributed by atoms with E-state index in [1.807, 2.05) is 75.4 Å². The van der Waals surface area contributed by atoms with Crippen LogP contribution in [0.15, 0.2) is 84.8 Å². The molecule has 0 N–H and O–H groups in total. The third-order valence-corrected chi connectivity index (χ3v) is 4.28. The van der Waals surface area contributed by atoms with Crippen LogP contribution in [0.5, 0.6) is 0 Å². The van der Waals surface area contributed by atoms with Gasteiger partial charge in [-0.05, 0) is 11.1 Å². The van der Waals surface area contributed by atoms with Crippen LogP contribution in [0.3, 0.4) is 0 Å². The van der Waals surface area contributed by atoms with Gasteiger partial charge in [0, 0.05) is 16.5 Å². The predicted octanol–water partition coefficient (Wildman–Crippen LogP) is 6.17. The van der Waals surface area contributed by atoms with Crippen LogP contribution < -0.4 is 0 Å². The van der Waals surface area contributed by atoms with Crippen LogP contribution in [-0.4, -0.2) is 15.0 Å². The fourth-order valence-electron chi connectivity index (χ4n) is 2.76. The lowest BCUT2D eigenvalue weighted by atomic mass is 9.95. The van der Waals surface area contributed by atoms with Crippen molar-refractivity contribution in [3.63, 3.8) is 0 Å². The summed E-state index contributed by atoms with van der Waals surface area (Å²) in [4.78, 5) is 13.7. The largest absolute Gasteiger partial charge is 0.212 e. The lowest BCUT2D eigenvalue weighted by Crippen LogP contribution is -2.18. The molecule has 0 bridgehead atoms. The highest BCUT2D eigenvalue weighted by Crippen LogP contribution is 2.27. The van der Waals surface area contributed by atoms with Crippen molar-refractivity contribution in [2.24, 2.45) is 0 Å². The van der Waals surface area contributed by atoms with Crippen molar-refractivity contribution in [2.45, 2.75) is 26.2 Å². The fraction of sp³-hybridized carbons (Fsp3) is 0.160. The van der Waals surface area contributed by atoms with E-state index < -0.39 is 23.5 Å². The Bertz CT molecular complexity index is 1300. The normalized spacial score (nSPS) is 13.9. The maximum atomic E-state index is 8.32. The van der Waals surface area contributed by atoms with Gasteiger partial charge in [-0.15, -0.1) is 0 Å². The van der Waals surface area contributed by atoms with E-state index in [1.54, 1.807) is 0 Å². The SMILES string of the molecule is [2H]c1c([2H])c([2H])c(-c2nc(-c3ccc(-c4ccccc4)cc3)nc(C(C)(C)C)n2)c([2H])c1[2H]. The highest BCUT2D eigenvalue weighted by Gasteiger charge is 2.21. The van der Waals surface area contributed by atoms with E-state index >= 15 is 0 Å². The Hall–Kier alpha value is -3.33. The first kappa shape index (κ1) is 12.9. The molecule has 28 heavy (non-hydrogen) atoms. The van der Waals surface area contributed by atoms with Crippen LogP contribution in [-0.2, 0) is 5.41 Å². The van der Waals surface area contributed by atoms with Crippen molar-refractivity contribution in [1.82, 2.24) is 15.0 Å². The topological polar surface area (TPSA) is 38.7 Å². The van der Waals surface area contributed by atoms with Gasteiger partial charge in [0.05, 0.1) is 6.85 Å². The van der Waals surface area contributed by atoms with Gasteiger partial charge in [-0.2, -0.15) is 0 Å². The van der Waals surface area contributed by atoms with Crippen LogP contribution in [0.2, 0.25) is 0 Å². The van der Waals surface area contributed by atoms with Crippen LogP contribution in [0.25, 0.3) is 33.9 Å². The minimum absolute atomic E-state index is 0.0314. The first-order chi connectivity index (χ1) is 15.6. The van der Waals surface area contributed by atoms with E-state index in [2.05, 4.69) is 15.0 Å². The second kappa shape index (κ2) is 7.35. The Kier molecular flexibility index (Phi) is 3.40. The highest BCUT2D eigenvalue weighted by molar-refractivity contribution is 5.68. The molecule has 0 fully saturated rings. The number of hydrogen-bond acceptors (Lipinski definition) is 3.